The van der Waals surface area contributed by atoms with Gasteiger partial charge in [0.1, 0.15) is 27.0 Å². The number of rotatable bonds is 7. The Bertz CT molecular complexity index is 1530. The first-order chi connectivity index (χ1) is 17.4. The molecule has 2 aromatic rings. The van der Waals surface area contributed by atoms with Crippen molar-refractivity contribution in [1.29, 1.82) is 0 Å². The smallest absolute Gasteiger partial charge is 0.287 e. The van der Waals surface area contributed by atoms with Gasteiger partial charge in [-0.25, -0.2) is 17.5 Å². The lowest BCUT2D eigenvalue weighted by Crippen LogP contribution is -2.51. The molecule has 0 radical (unpaired) electrons. The molecule has 3 aliphatic rings. The molecule has 5 rings (SSSR count). The molecule has 3 N–H and O–H groups in total. The molecular weight excluding hydrogens is 543 g/mol. The first-order valence-electron chi connectivity index (χ1n) is 11.6. The monoisotopic (exact) mass is 568 g/mol. The fourth-order valence-electron chi connectivity index (χ4n) is 4.77. The molecule has 1 atom stereocenters. The molecule has 198 valence electrons. The quantitative estimate of drug-likeness (QED) is 0.466. The zero-order chi connectivity index (χ0) is 26.5. The predicted molar refractivity (Wildman–Crippen MR) is 137 cm³/mol. The summed E-state index contributed by atoms with van der Waals surface area (Å²) in [4.78, 5) is 15.2. The molecule has 37 heavy (non-hydrogen) atoms. The highest BCUT2D eigenvalue weighted by Gasteiger charge is 2.43. The lowest BCUT2D eigenvalue weighted by molar-refractivity contribution is -0.133. The molecule has 2 aliphatic heterocycles. The van der Waals surface area contributed by atoms with E-state index in [0.717, 1.165) is 36.9 Å². The number of hydrogen-bond donors (Lipinski definition) is 3. The van der Waals surface area contributed by atoms with Gasteiger partial charge in [-0.3, -0.25) is 4.79 Å². The van der Waals surface area contributed by atoms with E-state index in [0.29, 0.717) is 5.56 Å². The number of halogens is 1. The van der Waals surface area contributed by atoms with E-state index in [1.165, 1.54) is 17.5 Å². The lowest BCUT2D eigenvalue weighted by atomic mass is 9.76. The van der Waals surface area contributed by atoms with Crippen LogP contribution in [0.25, 0.3) is 0 Å². The van der Waals surface area contributed by atoms with Crippen molar-refractivity contribution in [1.82, 2.24) is 9.62 Å². The van der Waals surface area contributed by atoms with Gasteiger partial charge >= 0.3 is 0 Å². The Labute approximate surface area is 218 Å². The van der Waals surface area contributed by atoms with Crippen LogP contribution in [0, 0.1) is 11.7 Å². The van der Waals surface area contributed by atoms with Gasteiger partial charge in [-0.15, -0.1) is 15.7 Å². The van der Waals surface area contributed by atoms with Crippen molar-refractivity contribution in [2.75, 3.05) is 11.6 Å². The molecule has 1 amide bonds. The third-order valence-electron chi connectivity index (χ3n) is 6.81. The Balaban J connectivity index is 1.48. The number of thiophene rings is 1. The van der Waals surface area contributed by atoms with Crippen LogP contribution in [0.4, 0.5) is 9.39 Å². The van der Waals surface area contributed by atoms with Gasteiger partial charge in [0.05, 0.1) is 6.26 Å². The molecular formula is C23H25FN4O6S3. The van der Waals surface area contributed by atoms with Crippen LogP contribution in [0.2, 0.25) is 0 Å². The molecule has 1 aromatic heterocycles. The molecule has 0 saturated heterocycles. The van der Waals surface area contributed by atoms with Crippen molar-refractivity contribution < 1.29 is 31.1 Å². The second-order valence-corrected chi connectivity index (χ2v) is 13.6. The van der Waals surface area contributed by atoms with Crippen LogP contribution in [0.5, 0.6) is 0 Å². The summed E-state index contributed by atoms with van der Waals surface area (Å²) >= 11 is 1.03. The number of aliphatic hydroxyl groups excluding tert-OH is 1. The maximum absolute atomic E-state index is 13.7. The number of benzene rings is 1. The number of nitrogens with zero attached hydrogens (tertiary/aromatic N) is 2. The van der Waals surface area contributed by atoms with Gasteiger partial charge in [0.2, 0.25) is 10.0 Å². The number of carbonyl (C=O) groups is 1. The van der Waals surface area contributed by atoms with E-state index in [-0.39, 0.29) is 64.1 Å². The van der Waals surface area contributed by atoms with Crippen LogP contribution in [0.1, 0.15) is 36.8 Å². The number of anilines is 1. The lowest BCUT2D eigenvalue weighted by Gasteiger charge is -2.44. The van der Waals surface area contributed by atoms with Crippen molar-refractivity contribution in [3.8, 4) is 0 Å². The number of carbonyl (C=O) groups excluding carboxylic acids is 1. The molecule has 1 fully saturated rings. The average molecular weight is 569 g/mol. The molecule has 1 saturated carbocycles. The number of nitrogens with one attached hydrogen (secondary N) is 2. The molecule has 3 heterocycles. The second kappa shape index (κ2) is 9.49. The van der Waals surface area contributed by atoms with E-state index in [2.05, 4.69) is 14.4 Å². The summed E-state index contributed by atoms with van der Waals surface area (Å²) in [6.45, 7) is -0.0690. The summed E-state index contributed by atoms with van der Waals surface area (Å²) in [5.74, 6) is -1.28. The number of hydrogen-bond acceptors (Lipinski definition) is 8. The highest BCUT2D eigenvalue weighted by molar-refractivity contribution is 7.91. The SMILES string of the molecule is CS(=O)(=O)NCc1csc2c1S(=O)(=O)N=C(C1=C(O)CC(C3CCC3)N(Cc3ccc(F)cc3)C1=O)N2. The van der Waals surface area contributed by atoms with Crippen molar-refractivity contribution in [3.05, 3.63) is 57.9 Å². The zero-order valence-electron chi connectivity index (χ0n) is 19.8. The highest BCUT2D eigenvalue weighted by atomic mass is 32.2. The van der Waals surface area contributed by atoms with Gasteiger partial charge in [0, 0.05) is 31.1 Å². The van der Waals surface area contributed by atoms with E-state index < -0.39 is 31.8 Å². The summed E-state index contributed by atoms with van der Waals surface area (Å²) in [5.41, 5.74) is 0.697. The standard InChI is InChI=1S/C23H25FN4O6S3/c1-36(31,32)25-10-15-12-35-22-20(15)37(33,34)27-21(26-22)19-18(29)9-17(14-3-2-4-14)28(23(19)30)11-13-5-7-16(24)8-6-13/h5-8,12,14,17,25,29H,2-4,9-11H2,1H3,(H,26,27). The van der Waals surface area contributed by atoms with Gasteiger partial charge in [-0.1, -0.05) is 18.6 Å². The minimum Gasteiger partial charge on any atom is -0.511 e. The van der Waals surface area contributed by atoms with Crippen molar-refractivity contribution in [2.24, 2.45) is 10.3 Å². The van der Waals surface area contributed by atoms with Gasteiger partial charge < -0.3 is 15.3 Å². The van der Waals surface area contributed by atoms with E-state index in [4.69, 9.17) is 0 Å². The zero-order valence-corrected chi connectivity index (χ0v) is 22.2. The summed E-state index contributed by atoms with van der Waals surface area (Å²) in [6, 6.07) is 5.52. The topological polar surface area (TPSA) is 145 Å². The molecule has 1 aromatic carbocycles. The summed E-state index contributed by atoms with van der Waals surface area (Å²) < 4.78 is 68.7. The summed E-state index contributed by atoms with van der Waals surface area (Å²) in [6.07, 6.45) is 3.97. The highest BCUT2D eigenvalue weighted by Crippen LogP contribution is 2.41. The van der Waals surface area contributed by atoms with Crippen molar-refractivity contribution in [2.45, 2.75) is 49.7 Å². The van der Waals surface area contributed by atoms with Crippen LogP contribution in [0.3, 0.4) is 0 Å². The van der Waals surface area contributed by atoms with Crippen LogP contribution in [-0.2, 0) is 37.9 Å². The Hall–Kier alpha value is -2.81. The van der Waals surface area contributed by atoms with Crippen LogP contribution >= 0.6 is 11.3 Å². The molecule has 1 aliphatic carbocycles. The van der Waals surface area contributed by atoms with Crippen molar-refractivity contribution >= 4 is 48.1 Å². The average Bonchev–Trinajstić information content (AvgIpc) is 3.18. The van der Waals surface area contributed by atoms with E-state index in [9.17, 15) is 31.1 Å². The van der Waals surface area contributed by atoms with E-state index >= 15 is 0 Å². The molecule has 10 nitrogen and oxygen atoms in total. The molecule has 1 unspecified atom stereocenters. The maximum atomic E-state index is 13.7. The van der Waals surface area contributed by atoms with Crippen LogP contribution in [0.15, 0.2) is 50.3 Å². The number of amides is 1. The van der Waals surface area contributed by atoms with Gasteiger partial charge in [0.15, 0.2) is 5.84 Å². The van der Waals surface area contributed by atoms with Gasteiger partial charge in [-0.2, -0.15) is 8.42 Å². The second-order valence-electron chi connectivity index (χ2n) is 9.40. The minimum atomic E-state index is -4.30. The fraction of sp³-hybridized carbons (Fsp3) is 0.391. The normalized spacial score (nSPS) is 21.8. The Morgan fingerprint density at radius 3 is 2.59 bits per heavy atom. The molecule has 0 spiro atoms. The first kappa shape index (κ1) is 25.8. The maximum Gasteiger partial charge on any atom is 0.287 e. The van der Waals surface area contributed by atoms with Crippen molar-refractivity contribution in [3.63, 3.8) is 0 Å². The fourth-order valence-corrected chi connectivity index (χ4v) is 7.80. The third-order valence-corrected chi connectivity index (χ3v) is 9.95. The Morgan fingerprint density at radius 1 is 1.27 bits per heavy atom. The largest absolute Gasteiger partial charge is 0.511 e. The number of fused-ring (bicyclic) bond motifs is 1. The summed E-state index contributed by atoms with van der Waals surface area (Å²) in [5, 5.41) is 15.5. The number of aliphatic hydroxyl groups is 1. The minimum absolute atomic E-state index is 0.147. The Kier molecular flexibility index (Phi) is 6.63. The van der Waals surface area contributed by atoms with Crippen LogP contribution < -0.4 is 10.0 Å². The van der Waals surface area contributed by atoms with Gasteiger partial charge in [0.25, 0.3) is 15.9 Å². The van der Waals surface area contributed by atoms with Gasteiger partial charge in [-0.05, 0) is 41.8 Å². The molecule has 14 heteroatoms. The molecule has 0 bridgehead atoms. The number of amidine groups is 1. The van der Waals surface area contributed by atoms with Crippen LogP contribution in [-0.4, -0.2) is 50.9 Å². The predicted octanol–water partition coefficient (Wildman–Crippen LogP) is 2.86. The Morgan fingerprint density at radius 2 is 1.97 bits per heavy atom. The van der Waals surface area contributed by atoms with E-state index in [1.807, 2.05) is 0 Å². The number of sulfonamides is 2. The summed E-state index contributed by atoms with van der Waals surface area (Å²) in [7, 11) is -7.86. The third kappa shape index (κ3) is 5.15. The van der Waals surface area contributed by atoms with E-state index in [1.54, 1.807) is 17.0 Å². The first-order valence-corrected chi connectivity index (χ1v) is 15.8.